The third kappa shape index (κ3) is 5.53. The molecule has 2 unspecified atom stereocenters. The number of Topliss-reactive ketones (excluding diaryl/α,β-unsaturated/α-hetero) is 1. The van der Waals surface area contributed by atoms with Crippen LogP contribution < -0.4 is 9.47 Å². The van der Waals surface area contributed by atoms with E-state index in [4.69, 9.17) is 9.47 Å². The van der Waals surface area contributed by atoms with E-state index < -0.39 is 0 Å². The third-order valence-corrected chi connectivity index (χ3v) is 9.44. The van der Waals surface area contributed by atoms with E-state index in [0.717, 1.165) is 55.6 Å². The molecule has 4 atom stereocenters. The molecule has 7 rings (SSSR count). The van der Waals surface area contributed by atoms with E-state index >= 15 is 0 Å². The summed E-state index contributed by atoms with van der Waals surface area (Å²) in [7, 11) is 0. The van der Waals surface area contributed by atoms with Gasteiger partial charge < -0.3 is 9.47 Å². The summed E-state index contributed by atoms with van der Waals surface area (Å²) in [5, 5.41) is 0. The van der Waals surface area contributed by atoms with Crippen molar-refractivity contribution in [1.29, 1.82) is 0 Å². The van der Waals surface area contributed by atoms with Gasteiger partial charge in [0.2, 0.25) is 0 Å². The van der Waals surface area contributed by atoms with Crippen molar-refractivity contribution in [3.8, 4) is 11.5 Å². The van der Waals surface area contributed by atoms with Crippen molar-refractivity contribution in [1.82, 2.24) is 0 Å². The quantitative estimate of drug-likeness (QED) is 0.233. The third-order valence-electron chi connectivity index (χ3n) is 9.44. The van der Waals surface area contributed by atoms with Gasteiger partial charge in [0, 0.05) is 18.8 Å². The van der Waals surface area contributed by atoms with Gasteiger partial charge in [-0.05, 0) is 108 Å². The number of benzene rings is 4. The largest absolute Gasteiger partial charge is 0.490 e. The zero-order valence-corrected chi connectivity index (χ0v) is 23.2. The fourth-order valence-electron chi connectivity index (χ4n) is 7.48. The minimum absolute atomic E-state index is 0.151. The second-order valence-corrected chi connectivity index (χ2v) is 12.1. The first-order valence-electron chi connectivity index (χ1n) is 14.9. The summed E-state index contributed by atoms with van der Waals surface area (Å²) < 4.78 is 26.4. The molecule has 0 saturated heterocycles. The molecule has 4 heteroatoms. The fourth-order valence-corrected chi connectivity index (χ4v) is 7.48. The van der Waals surface area contributed by atoms with Crippen LogP contribution in [-0.2, 0) is 17.8 Å². The number of hydrogen-bond donors (Lipinski definition) is 0. The minimum Gasteiger partial charge on any atom is -0.490 e. The van der Waals surface area contributed by atoms with Crippen molar-refractivity contribution >= 4 is 5.78 Å². The SMILES string of the molecule is O=C1CC2CC(Oc3ccc([C@@H]4c5ccc(OCc6ccccc6)cc5CC[C@@H]4c4ccc(F)cc4)cc3)CC2C1. The van der Waals surface area contributed by atoms with Gasteiger partial charge in [-0.15, -0.1) is 0 Å². The van der Waals surface area contributed by atoms with Crippen molar-refractivity contribution in [2.75, 3.05) is 0 Å². The van der Waals surface area contributed by atoms with Crippen molar-refractivity contribution in [2.24, 2.45) is 11.8 Å². The lowest BCUT2D eigenvalue weighted by atomic mass is 9.69. The highest BCUT2D eigenvalue weighted by atomic mass is 19.1. The molecule has 0 amide bonds. The Labute approximate surface area is 241 Å². The smallest absolute Gasteiger partial charge is 0.133 e. The van der Waals surface area contributed by atoms with E-state index in [1.165, 1.54) is 22.3 Å². The number of fused-ring (bicyclic) bond motifs is 2. The van der Waals surface area contributed by atoms with Crippen molar-refractivity contribution in [3.63, 3.8) is 0 Å². The molecule has 0 N–H and O–H groups in total. The average Bonchev–Trinajstić information content (AvgIpc) is 3.53. The predicted molar refractivity (Wildman–Crippen MR) is 158 cm³/mol. The van der Waals surface area contributed by atoms with Crippen LogP contribution in [0.3, 0.4) is 0 Å². The van der Waals surface area contributed by atoms with Crippen LogP contribution in [0.5, 0.6) is 11.5 Å². The lowest BCUT2D eigenvalue weighted by molar-refractivity contribution is -0.118. The number of rotatable bonds is 7. The molecule has 208 valence electrons. The molecule has 2 saturated carbocycles. The van der Waals surface area contributed by atoms with Crippen molar-refractivity contribution in [2.45, 2.75) is 63.1 Å². The van der Waals surface area contributed by atoms with Crippen LogP contribution in [-0.4, -0.2) is 11.9 Å². The van der Waals surface area contributed by atoms with Gasteiger partial charge in [0.25, 0.3) is 0 Å². The molecule has 3 aliphatic rings. The van der Waals surface area contributed by atoms with Gasteiger partial charge in [-0.2, -0.15) is 0 Å². The molecular weight excluding hydrogens is 511 g/mol. The Morgan fingerprint density at radius 2 is 1.44 bits per heavy atom. The zero-order valence-electron chi connectivity index (χ0n) is 23.2. The number of aryl methyl sites for hydroxylation is 1. The number of carbonyl (C=O) groups excluding carboxylic acids is 1. The summed E-state index contributed by atoms with van der Waals surface area (Å²) in [6, 6.07) is 32.4. The maximum Gasteiger partial charge on any atom is 0.133 e. The van der Waals surface area contributed by atoms with Gasteiger partial charge in [0.1, 0.15) is 29.7 Å². The van der Waals surface area contributed by atoms with E-state index in [1.807, 2.05) is 30.3 Å². The Balaban J connectivity index is 1.13. The average molecular weight is 547 g/mol. The van der Waals surface area contributed by atoms with E-state index in [9.17, 15) is 9.18 Å². The highest BCUT2D eigenvalue weighted by Gasteiger charge is 2.42. The van der Waals surface area contributed by atoms with Gasteiger partial charge in [0.05, 0.1) is 6.10 Å². The first-order chi connectivity index (χ1) is 20.1. The molecule has 3 aliphatic carbocycles. The molecule has 0 aliphatic heterocycles. The molecule has 2 fully saturated rings. The molecule has 0 heterocycles. The Hall–Kier alpha value is -3.92. The Kier molecular flexibility index (Phi) is 7.08. The van der Waals surface area contributed by atoms with Gasteiger partial charge in [0.15, 0.2) is 0 Å². The van der Waals surface area contributed by atoms with Crippen LogP contribution >= 0.6 is 0 Å². The van der Waals surface area contributed by atoms with E-state index in [2.05, 4.69) is 54.6 Å². The molecule has 0 bridgehead atoms. The molecule has 4 aromatic rings. The maximum absolute atomic E-state index is 13.8. The van der Waals surface area contributed by atoms with E-state index in [0.29, 0.717) is 24.2 Å². The first kappa shape index (κ1) is 26.0. The minimum atomic E-state index is -0.205. The highest BCUT2D eigenvalue weighted by molar-refractivity contribution is 5.81. The van der Waals surface area contributed by atoms with E-state index in [1.54, 1.807) is 12.1 Å². The van der Waals surface area contributed by atoms with Gasteiger partial charge in [-0.1, -0.05) is 60.7 Å². The van der Waals surface area contributed by atoms with Crippen molar-refractivity contribution < 1.29 is 18.7 Å². The maximum atomic E-state index is 13.8. The lowest BCUT2D eigenvalue weighted by Gasteiger charge is -2.35. The number of carbonyl (C=O) groups is 1. The summed E-state index contributed by atoms with van der Waals surface area (Å²) in [6.45, 7) is 0.543. The first-order valence-corrected chi connectivity index (χ1v) is 14.9. The van der Waals surface area contributed by atoms with Crippen LogP contribution in [0.15, 0.2) is 97.1 Å². The Morgan fingerprint density at radius 3 is 2.17 bits per heavy atom. The van der Waals surface area contributed by atoms with Gasteiger partial charge in [-0.25, -0.2) is 4.39 Å². The molecule has 3 nitrogen and oxygen atoms in total. The van der Waals surface area contributed by atoms with Crippen LogP contribution in [0.4, 0.5) is 4.39 Å². The normalized spacial score (nSPS) is 25.0. The second-order valence-electron chi connectivity index (χ2n) is 12.1. The highest BCUT2D eigenvalue weighted by Crippen LogP contribution is 2.48. The molecule has 0 radical (unpaired) electrons. The molecular formula is C37H35FO3. The number of hydrogen-bond acceptors (Lipinski definition) is 3. The topological polar surface area (TPSA) is 35.5 Å². The summed E-state index contributed by atoms with van der Waals surface area (Å²) in [5.74, 6) is 3.40. The Morgan fingerprint density at radius 1 is 0.756 bits per heavy atom. The standard InChI is InChI=1S/C37H35FO3/c38-30-11-6-25(7-12-30)35-16-10-27-20-33(40-23-24-4-2-1-3-5-24)15-17-36(27)37(35)26-8-13-32(14-9-26)41-34-21-28-18-31(39)19-29(28)22-34/h1-9,11-15,17,20,28-29,34-35,37H,10,16,18-19,21-23H2/t28?,29?,34?,35-,37+/m1/s1. The zero-order chi connectivity index (χ0) is 27.8. The van der Waals surface area contributed by atoms with Crippen LogP contribution in [0.1, 0.15) is 71.8 Å². The summed E-state index contributed by atoms with van der Waals surface area (Å²) in [5.41, 5.74) is 6.17. The summed E-state index contributed by atoms with van der Waals surface area (Å²) in [4.78, 5) is 11.8. The lowest BCUT2D eigenvalue weighted by Crippen LogP contribution is -2.21. The second kappa shape index (κ2) is 11.2. The number of ketones is 1. The van der Waals surface area contributed by atoms with E-state index in [-0.39, 0.29) is 23.8 Å². The molecule has 4 aromatic carbocycles. The van der Waals surface area contributed by atoms with Gasteiger partial charge in [-0.3, -0.25) is 4.79 Å². The van der Waals surface area contributed by atoms with Gasteiger partial charge >= 0.3 is 0 Å². The summed E-state index contributed by atoms with van der Waals surface area (Å²) in [6.07, 6.45) is 5.55. The van der Waals surface area contributed by atoms with Crippen LogP contribution in [0.25, 0.3) is 0 Å². The van der Waals surface area contributed by atoms with Crippen molar-refractivity contribution in [3.05, 3.63) is 131 Å². The monoisotopic (exact) mass is 546 g/mol. The Bertz CT molecular complexity index is 1500. The molecule has 0 spiro atoms. The van der Waals surface area contributed by atoms with Crippen LogP contribution in [0.2, 0.25) is 0 Å². The summed E-state index contributed by atoms with van der Waals surface area (Å²) >= 11 is 0. The number of halogens is 1. The van der Waals surface area contributed by atoms with Crippen LogP contribution in [0, 0.1) is 17.7 Å². The molecule has 0 aromatic heterocycles. The predicted octanol–water partition coefficient (Wildman–Crippen LogP) is 8.40. The fraction of sp³-hybridized carbons (Fsp3) is 0.324. The molecule has 41 heavy (non-hydrogen) atoms. The number of ether oxygens (including phenoxy) is 2.